The largest absolute Gasteiger partial charge is 0.456 e. The van der Waals surface area contributed by atoms with Crippen LogP contribution in [0, 0.1) is 13.8 Å². The molecular weight excluding hydrogens is 342 g/mol. The molecule has 0 radical (unpaired) electrons. The first-order valence-electron chi connectivity index (χ1n) is 9.10. The molecule has 5 nitrogen and oxygen atoms in total. The Morgan fingerprint density at radius 3 is 2.63 bits per heavy atom. The van der Waals surface area contributed by atoms with E-state index >= 15 is 0 Å². The van der Waals surface area contributed by atoms with Crippen LogP contribution >= 0.6 is 0 Å². The standard InChI is InChI=1S/C22H23NO4/c1-15-7-8-16(2)18(13-15)20(24)9-10-22(26)27-14-21(25)23-12-11-17-5-3-4-6-19(17)23/h3-8,13H,9-12,14H2,1-2H3. The summed E-state index contributed by atoms with van der Waals surface area (Å²) in [5, 5.41) is 0. The number of amides is 1. The van der Waals surface area contributed by atoms with Gasteiger partial charge in [-0.15, -0.1) is 0 Å². The number of Topliss-reactive ketones (excluding diaryl/α,β-unsaturated/α-hetero) is 1. The van der Waals surface area contributed by atoms with Gasteiger partial charge in [-0.1, -0.05) is 35.9 Å². The lowest BCUT2D eigenvalue weighted by atomic mass is 9.99. The van der Waals surface area contributed by atoms with Crippen molar-refractivity contribution in [1.29, 1.82) is 0 Å². The average Bonchev–Trinajstić information content (AvgIpc) is 3.10. The molecule has 0 bridgehead atoms. The molecule has 5 heteroatoms. The molecule has 1 aliphatic rings. The zero-order chi connectivity index (χ0) is 19.4. The van der Waals surface area contributed by atoms with Gasteiger partial charge >= 0.3 is 5.97 Å². The fraction of sp³-hybridized carbons (Fsp3) is 0.318. The minimum Gasteiger partial charge on any atom is -0.456 e. The summed E-state index contributed by atoms with van der Waals surface area (Å²) in [5.74, 6) is -0.864. The lowest BCUT2D eigenvalue weighted by Crippen LogP contribution is -2.33. The maximum absolute atomic E-state index is 12.3. The zero-order valence-electron chi connectivity index (χ0n) is 15.7. The summed E-state index contributed by atoms with van der Waals surface area (Å²) in [7, 11) is 0. The van der Waals surface area contributed by atoms with Crippen LogP contribution in [0.1, 0.15) is 39.9 Å². The Bertz CT molecular complexity index is 888. The Morgan fingerprint density at radius 1 is 1.04 bits per heavy atom. The molecule has 140 valence electrons. The molecule has 0 atom stereocenters. The monoisotopic (exact) mass is 365 g/mol. The summed E-state index contributed by atoms with van der Waals surface area (Å²) >= 11 is 0. The Kier molecular flexibility index (Phi) is 5.69. The number of rotatable bonds is 6. The third kappa shape index (κ3) is 4.42. The molecule has 0 saturated heterocycles. The first kappa shape index (κ1) is 18.8. The van der Waals surface area contributed by atoms with Gasteiger partial charge in [0.25, 0.3) is 5.91 Å². The number of para-hydroxylation sites is 1. The molecule has 1 heterocycles. The van der Waals surface area contributed by atoms with Crippen LogP contribution in [-0.4, -0.2) is 30.8 Å². The molecule has 27 heavy (non-hydrogen) atoms. The highest BCUT2D eigenvalue weighted by atomic mass is 16.5. The van der Waals surface area contributed by atoms with Crippen LogP contribution in [-0.2, 0) is 20.7 Å². The van der Waals surface area contributed by atoms with E-state index in [1.54, 1.807) is 4.90 Å². The Labute approximate surface area is 158 Å². The van der Waals surface area contributed by atoms with Crippen molar-refractivity contribution in [2.45, 2.75) is 33.1 Å². The van der Waals surface area contributed by atoms with Crippen LogP contribution in [0.3, 0.4) is 0 Å². The predicted octanol–water partition coefficient (Wildman–Crippen LogP) is 3.40. The Balaban J connectivity index is 1.48. The number of carbonyl (C=O) groups excluding carboxylic acids is 3. The van der Waals surface area contributed by atoms with Gasteiger partial charge in [0, 0.05) is 24.2 Å². The molecule has 1 aliphatic heterocycles. The quantitative estimate of drug-likeness (QED) is 0.581. The average molecular weight is 365 g/mol. The third-order valence-electron chi connectivity index (χ3n) is 4.79. The number of esters is 1. The third-order valence-corrected chi connectivity index (χ3v) is 4.79. The maximum Gasteiger partial charge on any atom is 0.306 e. The SMILES string of the molecule is Cc1ccc(C)c(C(=O)CCC(=O)OCC(=O)N2CCc3ccccc32)c1. The number of benzene rings is 2. The second-order valence-corrected chi connectivity index (χ2v) is 6.83. The van der Waals surface area contributed by atoms with E-state index in [0.29, 0.717) is 12.1 Å². The van der Waals surface area contributed by atoms with Crippen molar-refractivity contribution in [3.63, 3.8) is 0 Å². The van der Waals surface area contributed by atoms with Gasteiger partial charge in [0.1, 0.15) is 0 Å². The summed E-state index contributed by atoms with van der Waals surface area (Å²) in [6.45, 7) is 4.09. The van der Waals surface area contributed by atoms with Crippen molar-refractivity contribution in [2.75, 3.05) is 18.1 Å². The highest BCUT2D eigenvalue weighted by Gasteiger charge is 2.25. The molecule has 0 fully saturated rings. The van der Waals surface area contributed by atoms with E-state index in [-0.39, 0.29) is 31.1 Å². The van der Waals surface area contributed by atoms with E-state index in [4.69, 9.17) is 4.74 Å². The van der Waals surface area contributed by atoms with Crippen LogP contribution < -0.4 is 4.90 Å². The number of ketones is 1. The van der Waals surface area contributed by atoms with E-state index in [2.05, 4.69) is 0 Å². The minimum absolute atomic E-state index is 0.0317. The molecule has 0 N–H and O–H groups in total. The lowest BCUT2D eigenvalue weighted by Gasteiger charge is -2.17. The van der Waals surface area contributed by atoms with Gasteiger partial charge in [-0.25, -0.2) is 0 Å². The van der Waals surface area contributed by atoms with Gasteiger partial charge in [-0.05, 0) is 43.5 Å². The number of ether oxygens (including phenoxy) is 1. The van der Waals surface area contributed by atoms with Gasteiger partial charge in [0.15, 0.2) is 12.4 Å². The number of hydrogen-bond acceptors (Lipinski definition) is 4. The first-order valence-corrected chi connectivity index (χ1v) is 9.10. The fourth-order valence-electron chi connectivity index (χ4n) is 3.28. The van der Waals surface area contributed by atoms with E-state index < -0.39 is 5.97 Å². The molecule has 2 aromatic rings. The molecule has 1 amide bonds. The normalized spacial score (nSPS) is 12.6. The van der Waals surface area contributed by atoms with Gasteiger partial charge in [-0.2, -0.15) is 0 Å². The summed E-state index contributed by atoms with van der Waals surface area (Å²) in [6.07, 6.45) is 0.847. The number of hydrogen-bond donors (Lipinski definition) is 0. The molecule has 2 aromatic carbocycles. The highest BCUT2D eigenvalue weighted by molar-refractivity contribution is 5.99. The molecule has 0 saturated carbocycles. The van der Waals surface area contributed by atoms with E-state index in [1.165, 1.54) is 0 Å². The van der Waals surface area contributed by atoms with Crippen molar-refractivity contribution in [3.05, 3.63) is 64.7 Å². The number of aryl methyl sites for hydroxylation is 2. The molecule has 3 rings (SSSR count). The van der Waals surface area contributed by atoms with Crippen LogP contribution in [0.4, 0.5) is 5.69 Å². The van der Waals surface area contributed by atoms with Gasteiger partial charge in [0.05, 0.1) is 6.42 Å². The summed E-state index contributed by atoms with van der Waals surface area (Å²) in [6, 6.07) is 13.4. The van der Waals surface area contributed by atoms with Crippen molar-refractivity contribution < 1.29 is 19.1 Å². The first-order chi connectivity index (χ1) is 13.0. The minimum atomic E-state index is -0.533. The second-order valence-electron chi connectivity index (χ2n) is 6.83. The molecule has 0 aliphatic carbocycles. The zero-order valence-corrected chi connectivity index (χ0v) is 15.7. The van der Waals surface area contributed by atoms with E-state index in [0.717, 1.165) is 28.8 Å². The highest BCUT2D eigenvalue weighted by Crippen LogP contribution is 2.27. The van der Waals surface area contributed by atoms with E-state index in [1.807, 2.05) is 56.3 Å². The van der Waals surface area contributed by atoms with Crippen molar-refractivity contribution in [2.24, 2.45) is 0 Å². The molecule has 0 aromatic heterocycles. The van der Waals surface area contributed by atoms with Gasteiger partial charge < -0.3 is 9.64 Å². The van der Waals surface area contributed by atoms with Gasteiger partial charge in [-0.3, -0.25) is 14.4 Å². The Hall–Kier alpha value is -2.95. The topological polar surface area (TPSA) is 63.7 Å². The van der Waals surface area contributed by atoms with Crippen LogP contribution in [0.2, 0.25) is 0 Å². The van der Waals surface area contributed by atoms with Crippen LogP contribution in [0.15, 0.2) is 42.5 Å². The number of nitrogens with zero attached hydrogens (tertiary/aromatic N) is 1. The van der Waals surface area contributed by atoms with Crippen LogP contribution in [0.25, 0.3) is 0 Å². The summed E-state index contributed by atoms with van der Waals surface area (Å²) in [4.78, 5) is 38.3. The predicted molar refractivity (Wildman–Crippen MR) is 103 cm³/mol. The van der Waals surface area contributed by atoms with Gasteiger partial charge in [0.2, 0.25) is 0 Å². The van der Waals surface area contributed by atoms with Crippen molar-refractivity contribution in [1.82, 2.24) is 0 Å². The number of carbonyl (C=O) groups is 3. The van der Waals surface area contributed by atoms with Crippen molar-refractivity contribution >= 4 is 23.3 Å². The maximum atomic E-state index is 12.3. The summed E-state index contributed by atoms with van der Waals surface area (Å²) in [5.41, 5.74) is 4.53. The fourth-order valence-corrected chi connectivity index (χ4v) is 3.28. The van der Waals surface area contributed by atoms with Crippen LogP contribution in [0.5, 0.6) is 0 Å². The lowest BCUT2D eigenvalue weighted by molar-refractivity contribution is -0.147. The van der Waals surface area contributed by atoms with E-state index in [9.17, 15) is 14.4 Å². The number of anilines is 1. The smallest absolute Gasteiger partial charge is 0.306 e. The summed E-state index contributed by atoms with van der Waals surface area (Å²) < 4.78 is 5.09. The van der Waals surface area contributed by atoms with Crippen molar-refractivity contribution in [3.8, 4) is 0 Å². The molecular formula is C22H23NO4. The second kappa shape index (κ2) is 8.16. The molecule has 0 unspecified atom stereocenters. The number of fused-ring (bicyclic) bond motifs is 1. The Morgan fingerprint density at radius 2 is 1.81 bits per heavy atom. The molecule has 0 spiro atoms.